The number of fused-ring (bicyclic) bond motifs is 1. The topological polar surface area (TPSA) is 57.2 Å². The van der Waals surface area contributed by atoms with E-state index in [2.05, 4.69) is 29.6 Å². The molecule has 0 fully saturated rings. The molecule has 0 aliphatic carbocycles. The smallest absolute Gasteiger partial charge is 0.254 e. The van der Waals surface area contributed by atoms with E-state index in [1.807, 2.05) is 31.2 Å². The SMILES string of the molecule is Cc1c(N)cccc1Cn1ccc(OCCc2csc3ccccc23)cc1=O. The summed E-state index contributed by atoms with van der Waals surface area (Å²) >= 11 is 1.75. The number of rotatable bonds is 6. The predicted molar refractivity (Wildman–Crippen MR) is 116 cm³/mol. The number of nitrogens with two attached hydrogens (primary N) is 1. The molecule has 4 nitrogen and oxygen atoms in total. The first-order valence-corrected chi connectivity index (χ1v) is 10.1. The summed E-state index contributed by atoms with van der Waals surface area (Å²) in [5.41, 5.74) is 9.96. The number of hydrogen-bond acceptors (Lipinski definition) is 4. The maximum absolute atomic E-state index is 12.5. The van der Waals surface area contributed by atoms with Crippen molar-refractivity contribution in [2.75, 3.05) is 12.3 Å². The number of nitrogen functional groups attached to an aromatic ring is 1. The second-order valence-corrected chi connectivity index (χ2v) is 7.73. The van der Waals surface area contributed by atoms with Crippen LogP contribution in [-0.2, 0) is 13.0 Å². The average molecular weight is 391 g/mol. The van der Waals surface area contributed by atoms with Gasteiger partial charge in [-0.05, 0) is 52.6 Å². The number of aromatic nitrogens is 1. The number of hydrogen-bond donors (Lipinski definition) is 1. The third-order valence-electron chi connectivity index (χ3n) is 5.00. The van der Waals surface area contributed by atoms with E-state index < -0.39 is 0 Å². The molecule has 0 spiro atoms. The zero-order valence-electron chi connectivity index (χ0n) is 15.7. The van der Waals surface area contributed by atoms with Gasteiger partial charge < -0.3 is 15.0 Å². The van der Waals surface area contributed by atoms with Gasteiger partial charge in [0, 0.05) is 29.1 Å². The van der Waals surface area contributed by atoms with Gasteiger partial charge in [0.2, 0.25) is 0 Å². The molecule has 0 aliphatic heterocycles. The first-order chi connectivity index (χ1) is 13.6. The van der Waals surface area contributed by atoms with Crippen LogP contribution in [0.3, 0.4) is 0 Å². The van der Waals surface area contributed by atoms with Gasteiger partial charge in [0.1, 0.15) is 5.75 Å². The highest BCUT2D eigenvalue weighted by atomic mass is 32.1. The molecule has 0 saturated carbocycles. The van der Waals surface area contributed by atoms with Crippen LogP contribution in [0.4, 0.5) is 5.69 Å². The van der Waals surface area contributed by atoms with Crippen LogP contribution in [0.2, 0.25) is 0 Å². The highest BCUT2D eigenvalue weighted by Gasteiger charge is 2.06. The van der Waals surface area contributed by atoms with Crippen LogP contribution < -0.4 is 16.0 Å². The van der Waals surface area contributed by atoms with E-state index in [1.54, 1.807) is 28.2 Å². The predicted octanol–water partition coefficient (Wildman–Crippen LogP) is 4.62. The fourth-order valence-corrected chi connectivity index (χ4v) is 4.27. The Labute approximate surface area is 167 Å². The lowest BCUT2D eigenvalue weighted by atomic mass is 10.1. The van der Waals surface area contributed by atoms with E-state index >= 15 is 0 Å². The lowest BCUT2D eigenvalue weighted by Crippen LogP contribution is -2.20. The summed E-state index contributed by atoms with van der Waals surface area (Å²) in [6.07, 6.45) is 2.59. The number of nitrogens with zero attached hydrogens (tertiary/aromatic N) is 1. The third kappa shape index (κ3) is 3.80. The van der Waals surface area contributed by atoms with Crippen LogP contribution in [0.5, 0.6) is 5.75 Å². The molecule has 0 aliphatic rings. The Kier molecular flexibility index (Phi) is 5.17. The molecular formula is C23H22N2O2S. The number of ether oxygens (including phenoxy) is 1. The standard InChI is InChI=1S/C23H22N2O2S/c1-16-17(5-4-7-21(16)24)14-25-11-9-19(13-23(25)26)27-12-10-18-15-28-22-8-3-2-6-20(18)22/h2-9,11,13,15H,10,12,14,24H2,1H3. The van der Waals surface area contributed by atoms with E-state index in [0.717, 1.165) is 23.2 Å². The lowest BCUT2D eigenvalue weighted by molar-refractivity contribution is 0.321. The zero-order chi connectivity index (χ0) is 19.5. The quantitative estimate of drug-likeness (QED) is 0.489. The van der Waals surface area contributed by atoms with Crippen molar-refractivity contribution >= 4 is 27.1 Å². The van der Waals surface area contributed by atoms with Crippen LogP contribution in [0.1, 0.15) is 16.7 Å². The average Bonchev–Trinajstić information content (AvgIpc) is 3.11. The van der Waals surface area contributed by atoms with E-state index in [0.29, 0.717) is 18.9 Å². The van der Waals surface area contributed by atoms with Gasteiger partial charge >= 0.3 is 0 Å². The van der Waals surface area contributed by atoms with Crippen LogP contribution >= 0.6 is 11.3 Å². The Bertz CT molecular complexity index is 1180. The van der Waals surface area contributed by atoms with Gasteiger partial charge in [-0.1, -0.05) is 30.3 Å². The van der Waals surface area contributed by atoms with Crippen molar-refractivity contribution in [2.24, 2.45) is 0 Å². The van der Waals surface area contributed by atoms with Gasteiger partial charge in [-0.2, -0.15) is 0 Å². The molecule has 142 valence electrons. The summed E-state index contributed by atoms with van der Waals surface area (Å²) in [5.74, 6) is 0.602. The van der Waals surface area contributed by atoms with E-state index in [1.165, 1.54) is 15.6 Å². The number of thiophene rings is 1. The molecule has 4 aromatic rings. The van der Waals surface area contributed by atoms with Crippen molar-refractivity contribution in [3.63, 3.8) is 0 Å². The van der Waals surface area contributed by atoms with Crippen LogP contribution in [0.15, 0.2) is 71.0 Å². The minimum Gasteiger partial charge on any atom is -0.493 e. The minimum atomic E-state index is -0.0830. The molecule has 28 heavy (non-hydrogen) atoms. The van der Waals surface area contributed by atoms with Crippen LogP contribution in [-0.4, -0.2) is 11.2 Å². The van der Waals surface area contributed by atoms with Gasteiger partial charge in [-0.25, -0.2) is 0 Å². The van der Waals surface area contributed by atoms with Crippen molar-refractivity contribution in [2.45, 2.75) is 19.9 Å². The summed E-state index contributed by atoms with van der Waals surface area (Å²) in [4.78, 5) is 12.5. The van der Waals surface area contributed by atoms with Crippen molar-refractivity contribution in [1.29, 1.82) is 0 Å². The van der Waals surface area contributed by atoms with Crippen molar-refractivity contribution in [3.8, 4) is 5.75 Å². The Morgan fingerprint density at radius 3 is 2.79 bits per heavy atom. The molecule has 0 atom stereocenters. The van der Waals surface area contributed by atoms with Gasteiger partial charge in [0.25, 0.3) is 5.56 Å². The van der Waals surface area contributed by atoms with Crippen molar-refractivity contribution in [3.05, 3.63) is 93.2 Å². The zero-order valence-corrected chi connectivity index (χ0v) is 16.5. The highest BCUT2D eigenvalue weighted by Crippen LogP contribution is 2.26. The van der Waals surface area contributed by atoms with E-state index in [-0.39, 0.29) is 5.56 Å². The van der Waals surface area contributed by atoms with Gasteiger partial charge in [-0.3, -0.25) is 4.79 Å². The van der Waals surface area contributed by atoms with Crippen LogP contribution in [0, 0.1) is 6.92 Å². The van der Waals surface area contributed by atoms with E-state index in [9.17, 15) is 4.79 Å². The van der Waals surface area contributed by atoms with Gasteiger partial charge in [0.15, 0.2) is 0 Å². The number of anilines is 1. The normalized spacial score (nSPS) is 11.0. The maximum Gasteiger partial charge on any atom is 0.254 e. The second kappa shape index (κ2) is 7.90. The first kappa shape index (κ1) is 18.3. The minimum absolute atomic E-state index is 0.0830. The van der Waals surface area contributed by atoms with Crippen molar-refractivity contribution in [1.82, 2.24) is 4.57 Å². The molecule has 2 aromatic carbocycles. The molecule has 2 N–H and O–H groups in total. The third-order valence-corrected chi connectivity index (χ3v) is 6.01. The van der Waals surface area contributed by atoms with Crippen molar-refractivity contribution < 1.29 is 4.74 Å². The molecule has 2 heterocycles. The lowest BCUT2D eigenvalue weighted by Gasteiger charge is -2.11. The van der Waals surface area contributed by atoms with Gasteiger partial charge in [-0.15, -0.1) is 11.3 Å². The molecular weight excluding hydrogens is 368 g/mol. The number of benzene rings is 2. The van der Waals surface area contributed by atoms with Gasteiger partial charge in [0.05, 0.1) is 13.2 Å². The van der Waals surface area contributed by atoms with Crippen LogP contribution in [0.25, 0.3) is 10.1 Å². The Morgan fingerprint density at radius 1 is 1.07 bits per heavy atom. The molecule has 0 amide bonds. The first-order valence-electron chi connectivity index (χ1n) is 9.24. The second-order valence-electron chi connectivity index (χ2n) is 6.82. The summed E-state index contributed by atoms with van der Waals surface area (Å²) in [5, 5.41) is 3.46. The molecule has 0 saturated heterocycles. The fraction of sp³-hybridized carbons (Fsp3) is 0.174. The molecule has 5 heteroatoms. The molecule has 0 unspecified atom stereocenters. The molecule has 0 radical (unpaired) electrons. The summed E-state index contributed by atoms with van der Waals surface area (Å²) in [7, 11) is 0. The Balaban J connectivity index is 1.42. The largest absolute Gasteiger partial charge is 0.493 e. The number of pyridine rings is 1. The Morgan fingerprint density at radius 2 is 1.93 bits per heavy atom. The monoisotopic (exact) mass is 390 g/mol. The molecule has 2 aromatic heterocycles. The molecule has 4 rings (SSSR count). The fourth-order valence-electron chi connectivity index (χ4n) is 3.27. The maximum atomic E-state index is 12.5. The summed E-state index contributed by atoms with van der Waals surface area (Å²) in [6, 6.07) is 17.5. The Hall–Kier alpha value is -3.05. The highest BCUT2D eigenvalue weighted by molar-refractivity contribution is 7.17. The van der Waals surface area contributed by atoms with E-state index in [4.69, 9.17) is 10.5 Å². The molecule has 0 bridgehead atoms. The summed E-state index contributed by atoms with van der Waals surface area (Å²) < 4.78 is 8.78. The summed E-state index contributed by atoms with van der Waals surface area (Å²) in [6.45, 7) is 3.01.